The molecular weight excluding hydrogens is 398 g/mol. The van der Waals surface area contributed by atoms with Gasteiger partial charge in [0.1, 0.15) is 10.8 Å². The van der Waals surface area contributed by atoms with Crippen molar-refractivity contribution in [2.24, 2.45) is 0 Å². The van der Waals surface area contributed by atoms with Gasteiger partial charge < -0.3 is 10.1 Å². The molecule has 0 unspecified atom stereocenters. The summed E-state index contributed by atoms with van der Waals surface area (Å²) < 4.78 is 6.89. The van der Waals surface area contributed by atoms with E-state index in [4.69, 9.17) is 4.74 Å². The predicted molar refractivity (Wildman–Crippen MR) is 118 cm³/mol. The number of thioether (sulfide) groups is 1. The third-order valence-electron chi connectivity index (χ3n) is 4.44. The summed E-state index contributed by atoms with van der Waals surface area (Å²) in [5.41, 5.74) is 4.56. The molecule has 4 aromatic rings. The topological polar surface area (TPSA) is 81.4 Å². The van der Waals surface area contributed by atoms with E-state index < -0.39 is 0 Å². The van der Waals surface area contributed by atoms with E-state index in [0.717, 1.165) is 28.1 Å². The fourth-order valence-electron chi connectivity index (χ4n) is 3.15. The lowest BCUT2D eigenvalue weighted by Crippen LogP contribution is -2.14. The van der Waals surface area contributed by atoms with Crippen LogP contribution in [0.5, 0.6) is 5.75 Å². The second kappa shape index (κ2) is 8.54. The number of methoxy groups -OCH3 is 1. The first-order valence-electron chi connectivity index (χ1n) is 9.39. The van der Waals surface area contributed by atoms with Gasteiger partial charge in [0.2, 0.25) is 5.91 Å². The molecule has 2 aromatic heterocycles. The van der Waals surface area contributed by atoms with E-state index in [2.05, 4.69) is 26.7 Å². The minimum Gasteiger partial charge on any atom is -0.497 e. The van der Waals surface area contributed by atoms with E-state index in [1.807, 2.05) is 62.4 Å². The molecule has 0 bridgehead atoms. The van der Waals surface area contributed by atoms with Gasteiger partial charge in [0.15, 0.2) is 11.5 Å². The zero-order valence-corrected chi connectivity index (χ0v) is 17.7. The van der Waals surface area contributed by atoms with Crippen LogP contribution in [-0.4, -0.2) is 38.6 Å². The molecular formula is C22H21N5O2S. The average molecular weight is 420 g/mol. The van der Waals surface area contributed by atoms with Gasteiger partial charge in [-0.1, -0.05) is 17.8 Å². The number of anilines is 1. The van der Waals surface area contributed by atoms with Gasteiger partial charge in [-0.05, 0) is 73.5 Å². The first-order chi connectivity index (χ1) is 14.5. The Morgan fingerprint density at radius 3 is 2.47 bits per heavy atom. The number of aromatic nitrogens is 4. The minimum atomic E-state index is -0.0777. The Balaban J connectivity index is 1.48. The summed E-state index contributed by atoms with van der Waals surface area (Å²) in [6.07, 6.45) is 0. The maximum atomic E-state index is 12.4. The smallest absolute Gasteiger partial charge is 0.234 e. The van der Waals surface area contributed by atoms with Gasteiger partial charge >= 0.3 is 0 Å². The minimum absolute atomic E-state index is 0.0777. The normalized spacial score (nSPS) is 10.9. The van der Waals surface area contributed by atoms with Crippen LogP contribution < -0.4 is 10.1 Å². The molecule has 2 heterocycles. The number of hydrogen-bond acceptors (Lipinski definition) is 6. The maximum Gasteiger partial charge on any atom is 0.234 e. The van der Waals surface area contributed by atoms with Crippen LogP contribution >= 0.6 is 11.8 Å². The van der Waals surface area contributed by atoms with E-state index in [0.29, 0.717) is 16.5 Å². The number of ether oxygens (including phenoxy) is 1. The quantitative estimate of drug-likeness (QED) is 0.473. The molecule has 2 aromatic carbocycles. The molecule has 0 aliphatic heterocycles. The van der Waals surface area contributed by atoms with Gasteiger partial charge in [-0.25, -0.2) is 0 Å². The Kier molecular flexibility index (Phi) is 5.67. The van der Waals surface area contributed by atoms with Crippen LogP contribution in [0.25, 0.3) is 17.0 Å². The van der Waals surface area contributed by atoms with Crippen LogP contribution in [0.4, 0.5) is 5.69 Å². The third-order valence-corrected chi connectivity index (χ3v) is 5.36. The largest absolute Gasteiger partial charge is 0.497 e. The van der Waals surface area contributed by atoms with Gasteiger partial charge in [0.05, 0.1) is 12.9 Å². The van der Waals surface area contributed by atoms with Crippen molar-refractivity contribution >= 4 is 29.0 Å². The molecule has 152 valence electrons. The van der Waals surface area contributed by atoms with Crippen LogP contribution in [0.15, 0.2) is 59.6 Å². The zero-order valence-electron chi connectivity index (χ0n) is 16.9. The van der Waals surface area contributed by atoms with Gasteiger partial charge in [-0.15, -0.1) is 10.2 Å². The van der Waals surface area contributed by atoms with Crippen molar-refractivity contribution in [2.45, 2.75) is 18.9 Å². The van der Waals surface area contributed by atoms with Gasteiger partial charge in [-0.2, -0.15) is 9.61 Å². The fourth-order valence-corrected chi connectivity index (χ4v) is 3.81. The molecule has 0 saturated carbocycles. The molecule has 7 nitrogen and oxygen atoms in total. The number of nitrogens with one attached hydrogen (secondary N) is 1. The van der Waals surface area contributed by atoms with E-state index >= 15 is 0 Å². The molecule has 0 aliphatic carbocycles. The van der Waals surface area contributed by atoms with E-state index in [9.17, 15) is 4.79 Å². The molecule has 30 heavy (non-hydrogen) atoms. The van der Waals surface area contributed by atoms with E-state index in [1.165, 1.54) is 11.8 Å². The van der Waals surface area contributed by atoms with Gasteiger partial charge in [0, 0.05) is 11.3 Å². The first kappa shape index (κ1) is 19.9. The van der Waals surface area contributed by atoms with Crippen LogP contribution in [0.2, 0.25) is 0 Å². The van der Waals surface area contributed by atoms with Crippen LogP contribution in [0.3, 0.4) is 0 Å². The molecule has 1 N–H and O–H groups in total. The number of hydrogen-bond donors (Lipinski definition) is 1. The molecule has 0 aliphatic rings. The molecule has 8 heteroatoms. The summed E-state index contributed by atoms with van der Waals surface area (Å²) in [6.45, 7) is 4.02. The molecule has 0 saturated heterocycles. The number of nitrogens with zero attached hydrogens (tertiary/aromatic N) is 4. The third kappa shape index (κ3) is 4.44. The molecule has 0 fully saturated rings. The maximum absolute atomic E-state index is 12.4. The summed E-state index contributed by atoms with van der Waals surface area (Å²) in [4.78, 5) is 12.4. The standard InChI is InChI=1S/C22H21N5O2S/c1-14-10-15(2)12-17(11-14)23-20(28)13-30-21-9-8-19-24-25-22(27(19)26-21)16-4-6-18(29-3)7-5-16/h4-12H,13H2,1-3H3,(H,23,28). The summed E-state index contributed by atoms with van der Waals surface area (Å²) in [6, 6.07) is 17.2. The number of carbonyl (C=O) groups excluding carboxylic acids is 1. The van der Waals surface area contributed by atoms with Gasteiger partial charge in [0.25, 0.3) is 0 Å². The highest BCUT2D eigenvalue weighted by Crippen LogP contribution is 2.23. The van der Waals surface area contributed by atoms with Crippen molar-refractivity contribution in [3.63, 3.8) is 0 Å². The van der Waals surface area contributed by atoms with Crippen LogP contribution in [-0.2, 0) is 4.79 Å². The van der Waals surface area contributed by atoms with Crippen molar-refractivity contribution < 1.29 is 9.53 Å². The predicted octanol–water partition coefficient (Wildman–Crippen LogP) is 4.15. The number of carbonyl (C=O) groups is 1. The fraction of sp³-hybridized carbons (Fsp3) is 0.182. The Hall–Kier alpha value is -3.39. The second-order valence-electron chi connectivity index (χ2n) is 6.91. The molecule has 0 spiro atoms. The second-order valence-corrected chi connectivity index (χ2v) is 7.90. The number of rotatable bonds is 6. The lowest BCUT2D eigenvalue weighted by molar-refractivity contribution is -0.113. The summed E-state index contributed by atoms with van der Waals surface area (Å²) in [5.74, 6) is 1.58. The molecule has 1 amide bonds. The summed E-state index contributed by atoms with van der Waals surface area (Å²) in [5, 5.41) is 16.7. The Morgan fingerprint density at radius 2 is 1.77 bits per heavy atom. The Morgan fingerprint density at radius 1 is 1.03 bits per heavy atom. The Bertz CT molecular complexity index is 1180. The molecule has 0 atom stereocenters. The van der Waals surface area contributed by atoms with Crippen molar-refractivity contribution in [3.8, 4) is 17.1 Å². The highest BCUT2D eigenvalue weighted by Gasteiger charge is 2.12. The van der Waals surface area contributed by atoms with E-state index in [-0.39, 0.29) is 11.7 Å². The van der Waals surface area contributed by atoms with Crippen LogP contribution in [0.1, 0.15) is 11.1 Å². The van der Waals surface area contributed by atoms with Gasteiger partial charge in [-0.3, -0.25) is 4.79 Å². The Labute approximate surface area is 178 Å². The van der Waals surface area contributed by atoms with E-state index in [1.54, 1.807) is 11.6 Å². The monoisotopic (exact) mass is 419 g/mol. The lowest BCUT2D eigenvalue weighted by Gasteiger charge is -2.07. The summed E-state index contributed by atoms with van der Waals surface area (Å²) in [7, 11) is 1.63. The summed E-state index contributed by atoms with van der Waals surface area (Å²) >= 11 is 1.36. The number of aryl methyl sites for hydroxylation is 2. The van der Waals surface area contributed by atoms with Crippen molar-refractivity contribution in [3.05, 3.63) is 65.7 Å². The number of benzene rings is 2. The lowest BCUT2D eigenvalue weighted by atomic mass is 10.1. The van der Waals surface area contributed by atoms with Crippen molar-refractivity contribution in [1.82, 2.24) is 19.8 Å². The zero-order chi connectivity index (χ0) is 21.1. The average Bonchev–Trinajstić information content (AvgIpc) is 3.15. The van der Waals surface area contributed by atoms with Crippen molar-refractivity contribution in [2.75, 3.05) is 18.2 Å². The first-order valence-corrected chi connectivity index (χ1v) is 10.4. The van der Waals surface area contributed by atoms with Crippen molar-refractivity contribution in [1.29, 1.82) is 0 Å². The number of fused-ring (bicyclic) bond motifs is 1. The number of amides is 1. The van der Waals surface area contributed by atoms with Crippen LogP contribution in [0, 0.1) is 13.8 Å². The highest BCUT2D eigenvalue weighted by molar-refractivity contribution is 7.99. The highest BCUT2D eigenvalue weighted by atomic mass is 32.2. The molecule has 4 rings (SSSR count). The SMILES string of the molecule is COc1ccc(-c2nnc3ccc(SCC(=O)Nc4cc(C)cc(C)c4)nn23)cc1. The molecule has 0 radical (unpaired) electrons.